The third-order valence-electron chi connectivity index (χ3n) is 4.64. The van der Waals surface area contributed by atoms with Crippen molar-refractivity contribution in [2.45, 2.75) is 44.7 Å². The van der Waals surface area contributed by atoms with E-state index < -0.39 is 0 Å². The summed E-state index contributed by atoms with van der Waals surface area (Å²) in [6, 6.07) is 2.68. The van der Waals surface area contributed by atoms with E-state index in [1.54, 1.807) is 12.3 Å². The molecule has 0 spiro atoms. The summed E-state index contributed by atoms with van der Waals surface area (Å²) < 4.78 is 5.83. The zero-order valence-electron chi connectivity index (χ0n) is 11.8. The summed E-state index contributed by atoms with van der Waals surface area (Å²) in [6.45, 7) is 5.35. The van der Waals surface area contributed by atoms with Gasteiger partial charge in [-0.05, 0) is 54.7 Å². The molecule has 3 heterocycles. The highest BCUT2D eigenvalue weighted by Gasteiger charge is 2.39. The van der Waals surface area contributed by atoms with Crippen LogP contribution in [0.2, 0.25) is 0 Å². The minimum Gasteiger partial charge on any atom is -0.457 e. The summed E-state index contributed by atoms with van der Waals surface area (Å²) >= 11 is 3.27. The van der Waals surface area contributed by atoms with Gasteiger partial charge < -0.3 is 9.32 Å². The predicted octanol–water partition coefficient (Wildman–Crippen LogP) is 3.13. The highest BCUT2D eigenvalue weighted by atomic mass is 79.9. The lowest BCUT2D eigenvalue weighted by Gasteiger charge is -2.34. The first kappa shape index (κ1) is 14.1. The van der Waals surface area contributed by atoms with Crippen LogP contribution < -0.4 is 0 Å². The van der Waals surface area contributed by atoms with Crippen molar-refractivity contribution in [3.63, 3.8) is 0 Å². The van der Waals surface area contributed by atoms with Gasteiger partial charge in [0.15, 0.2) is 4.67 Å². The Bertz CT molecular complexity index is 488. The SMILES string of the molecule is CCN1CCC[C@H]1[C@@H]1CCCN1C(=O)c1coc(Br)c1. The second kappa shape index (κ2) is 5.90. The monoisotopic (exact) mass is 340 g/mol. The number of carbonyl (C=O) groups is 1. The summed E-state index contributed by atoms with van der Waals surface area (Å²) in [5.74, 6) is 0.116. The van der Waals surface area contributed by atoms with E-state index in [0.29, 0.717) is 22.3 Å². The number of likely N-dealkylation sites (N-methyl/N-ethyl adjacent to an activating group) is 1. The molecule has 4 nitrogen and oxygen atoms in total. The largest absolute Gasteiger partial charge is 0.457 e. The Balaban J connectivity index is 1.77. The van der Waals surface area contributed by atoms with Gasteiger partial charge in [0.1, 0.15) is 6.26 Å². The fourth-order valence-electron chi connectivity index (χ4n) is 3.71. The Morgan fingerprint density at radius 3 is 2.80 bits per heavy atom. The minimum absolute atomic E-state index is 0.116. The smallest absolute Gasteiger partial charge is 0.257 e. The topological polar surface area (TPSA) is 36.7 Å². The Kier molecular flexibility index (Phi) is 4.17. The Morgan fingerprint density at radius 2 is 2.10 bits per heavy atom. The number of amides is 1. The van der Waals surface area contributed by atoms with Crippen molar-refractivity contribution >= 4 is 21.8 Å². The molecule has 0 N–H and O–H groups in total. The van der Waals surface area contributed by atoms with E-state index in [-0.39, 0.29) is 5.91 Å². The van der Waals surface area contributed by atoms with E-state index in [4.69, 9.17) is 4.42 Å². The van der Waals surface area contributed by atoms with Crippen molar-refractivity contribution in [3.8, 4) is 0 Å². The van der Waals surface area contributed by atoms with Crippen LogP contribution in [0.1, 0.15) is 43.0 Å². The van der Waals surface area contributed by atoms with Crippen molar-refractivity contribution < 1.29 is 9.21 Å². The highest BCUT2D eigenvalue weighted by Crippen LogP contribution is 2.31. The molecule has 2 aliphatic heterocycles. The van der Waals surface area contributed by atoms with Gasteiger partial charge in [-0.1, -0.05) is 6.92 Å². The molecule has 0 aromatic carbocycles. The molecule has 1 aromatic rings. The quantitative estimate of drug-likeness (QED) is 0.848. The molecule has 0 unspecified atom stereocenters. The molecule has 0 aliphatic carbocycles. The molecule has 2 atom stereocenters. The molecule has 2 saturated heterocycles. The summed E-state index contributed by atoms with van der Waals surface area (Å²) in [7, 11) is 0. The van der Waals surface area contributed by atoms with E-state index >= 15 is 0 Å². The van der Waals surface area contributed by atoms with Gasteiger partial charge in [0, 0.05) is 24.7 Å². The van der Waals surface area contributed by atoms with Gasteiger partial charge in [0.2, 0.25) is 0 Å². The fraction of sp³-hybridized carbons (Fsp3) is 0.667. The van der Waals surface area contributed by atoms with Gasteiger partial charge in [0.25, 0.3) is 5.91 Å². The number of hydrogen-bond acceptors (Lipinski definition) is 3. The van der Waals surface area contributed by atoms with Gasteiger partial charge in [0.05, 0.1) is 5.56 Å². The standard InChI is InChI=1S/C15H21BrN2O2/c1-2-17-7-3-5-12(17)13-6-4-8-18(13)15(19)11-9-14(16)20-10-11/h9-10,12-13H,2-8H2,1H3/t12-,13-/m0/s1. The summed E-state index contributed by atoms with van der Waals surface area (Å²) in [4.78, 5) is 17.2. The van der Waals surface area contributed by atoms with Gasteiger partial charge >= 0.3 is 0 Å². The van der Waals surface area contributed by atoms with E-state index in [1.165, 1.54) is 19.4 Å². The maximum atomic E-state index is 12.6. The second-order valence-corrected chi connectivity index (χ2v) is 6.47. The Labute approximate surface area is 128 Å². The van der Waals surface area contributed by atoms with Gasteiger partial charge in [-0.15, -0.1) is 0 Å². The molecule has 1 amide bonds. The van der Waals surface area contributed by atoms with Gasteiger partial charge in [-0.25, -0.2) is 0 Å². The average molecular weight is 341 g/mol. The van der Waals surface area contributed by atoms with Crippen molar-refractivity contribution in [3.05, 3.63) is 22.6 Å². The Morgan fingerprint density at radius 1 is 1.35 bits per heavy atom. The number of furan rings is 1. The lowest BCUT2D eigenvalue weighted by molar-refractivity contribution is 0.0649. The summed E-state index contributed by atoms with van der Waals surface area (Å²) in [6.07, 6.45) is 6.27. The number of nitrogens with zero attached hydrogens (tertiary/aromatic N) is 2. The molecule has 2 aliphatic rings. The van der Waals surface area contributed by atoms with Gasteiger partial charge in [-0.2, -0.15) is 0 Å². The number of hydrogen-bond donors (Lipinski definition) is 0. The van der Waals surface area contributed by atoms with Crippen LogP contribution in [0.5, 0.6) is 0 Å². The van der Waals surface area contributed by atoms with Crippen LogP contribution in [0.4, 0.5) is 0 Å². The Hall–Kier alpha value is -0.810. The van der Waals surface area contributed by atoms with Crippen LogP contribution in [0, 0.1) is 0 Å². The molecule has 0 saturated carbocycles. The lowest BCUT2D eigenvalue weighted by atomic mass is 10.0. The summed E-state index contributed by atoms with van der Waals surface area (Å²) in [5, 5.41) is 0. The van der Waals surface area contributed by atoms with Crippen LogP contribution in [-0.2, 0) is 0 Å². The molecular weight excluding hydrogens is 320 g/mol. The first-order valence-corrected chi connectivity index (χ1v) is 8.29. The van der Waals surface area contributed by atoms with Crippen LogP contribution in [-0.4, -0.2) is 47.4 Å². The minimum atomic E-state index is 0.116. The van der Waals surface area contributed by atoms with Gasteiger partial charge in [-0.3, -0.25) is 9.69 Å². The molecule has 1 aromatic heterocycles. The molecular formula is C15H21BrN2O2. The third kappa shape index (κ3) is 2.53. The van der Waals surface area contributed by atoms with Crippen molar-refractivity contribution in [2.75, 3.05) is 19.6 Å². The summed E-state index contributed by atoms with van der Waals surface area (Å²) in [5.41, 5.74) is 0.657. The number of carbonyl (C=O) groups excluding carboxylic acids is 1. The molecule has 5 heteroatoms. The van der Waals surface area contributed by atoms with Crippen LogP contribution >= 0.6 is 15.9 Å². The molecule has 0 radical (unpaired) electrons. The van der Waals surface area contributed by atoms with Crippen molar-refractivity contribution in [1.29, 1.82) is 0 Å². The highest BCUT2D eigenvalue weighted by molar-refractivity contribution is 9.10. The van der Waals surface area contributed by atoms with Crippen LogP contribution in [0.3, 0.4) is 0 Å². The maximum Gasteiger partial charge on any atom is 0.257 e. The number of likely N-dealkylation sites (tertiary alicyclic amines) is 2. The predicted molar refractivity (Wildman–Crippen MR) is 80.7 cm³/mol. The lowest BCUT2D eigenvalue weighted by Crippen LogP contribution is -2.48. The zero-order valence-corrected chi connectivity index (χ0v) is 13.4. The van der Waals surface area contributed by atoms with Crippen molar-refractivity contribution in [1.82, 2.24) is 9.80 Å². The van der Waals surface area contributed by atoms with E-state index in [1.807, 2.05) is 0 Å². The first-order chi connectivity index (χ1) is 9.70. The van der Waals surface area contributed by atoms with E-state index in [2.05, 4.69) is 32.7 Å². The van der Waals surface area contributed by atoms with Crippen LogP contribution in [0.25, 0.3) is 0 Å². The number of halogens is 1. The van der Waals surface area contributed by atoms with E-state index in [0.717, 1.165) is 25.9 Å². The molecule has 3 rings (SSSR count). The normalized spacial score (nSPS) is 27.4. The van der Waals surface area contributed by atoms with E-state index in [9.17, 15) is 4.79 Å². The van der Waals surface area contributed by atoms with Crippen molar-refractivity contribution in [2.24, 2.45) is 0 Å². The maximum absolute atomic E-state index is 12.6. The first-order valence-electron chi connectivity index (χ1n) is 7.49. The third-order valence-corrected chi connectivity index (χ3v) is 5.05. The zero-order chi connectivity index (χ0) is 14.1. The second-order valence-electron chi connectivity index (χ2n) is 5.69. The average Bonchev–Trinajstić information content (AvgIpc) is 3.16. The fourth-order valence-corrected chi connectivity index (χ4v) is 4.05. The number of rotatable bonds is 3. The van der Waals surface area contributed by atoms with Crippen LogP contribution in [0.15, 0.2) is 21.4 Å². The molecule has 20 heavy (non-hydrogen) atoms. The molecule has 110 valence electrons. The molecule has 0 bridgehead atoms. The molecule has 2 fully saturated rings.